The maximum atomic E-state index is 11.5. The first-order valence-corrected chi connectivity index (χ1v) is 7.10. The number of hydrogen-bond acceptors (Lipinski definition) is 3. The van der Waals surface area contributed by atoms with Crippen LogP contribution in [0, 0.1) is 27.7 Å². The third-order valence-corrected chi connectivity index (χ3v) is 3.80. The maximum absolute atomic E-state index is 11.5. The van der Waals surface area contributed by atoms with E-state index in [2.05, 4.69) is 42.9 Å². The van der Waals surface area contributed by atoms with E-state index in [0.717, 1.165) is 23.4 Å². The first-order chi connectivity index (χ1) is 9.85. The first kappa shape index (κ1) is 15.2. The van der Waals surface area contributed by atoms with Gasteiger partial charge in [-0.3, -0.25) is 9.78 Å². The molecule has 0 atom stereocenters. The lowest BCUT2D eigenvalue weighted by Crippen LogP contribution is -2.17. The van der Waals surface area contributed by atoms with E-state index in [0.29, 0.717) is 5.69 Å². The van der Waals surface area contributed by atoms with Crippen molar-refractivity contribution in [2.45, 2.75) is 41.0 Å². The van der Waals surface area contributed by atoms with Gasteiger partial charge in [0.05, 0.1) is 17.1 Å². The molecule has 0 bridgehead atoms. The molecule has 0 radical (unpaired) electrons. The van der Waals surface area contributed by atoms with Gasteiger partial charge in [-0.25, -0.2) is 4.98 Å². The Bertz CT molecular complexity index is 697. The van der Waals surface area contributed by atoms with Crippen LogP contribution in [0.15, 0.2) is 12.1 Å². The lowest BCUT2D eigenvalue weighted by molar-refractivity contribution is 0.0994. The summed E-state index contributed by atoms with van der Waals surface area (Å²) in [4.78, 5) is 20.3. The molecule has 1 aromatic carbocycles. The third kappa shape index (κ3) is 2.79. The number of carbonyl (C=O) groups excluding carboxylic acids is 1. The molecule has 2 aromatic rings. The van der Waals surface area contributed by atoms with Crippen LogP contribution in [0.1, 0.15) is 45.5 Å². The molecule has 0 aliphatic rings. The molecule has 1 heterocycles. The highest BCUT2D eigenvalue weighted by Gasteiger charge is 2.15. The Labute approximate surface area is 125 Å². The van der Waals surface area contributed by atoms with Crippen molar-refractivity contribution in [1.29, 1.82) is 0 Å². The second-order valence-electron chi connectivity index (χ2n) is 5.40. The fourth-order valence-electron chi connectivity index (χ4n) is 2.83. The second-order valence-corrected chi connectivity index (χ2v) is 5.40. The van der Waals surface area contributed by atoms with E-state index < -0.39 is 5.91 Å². The zero-order chi connectivity index (χ0) is 15.7. The molecule has 0 aliphatic carbocycles. The quantitative estimate of drug-likeness (QED) is 0.941. The smallest absolute Gasteiger partial charge is 0.269 e. The Morgan fingerprint density at radius 3 is 2.10 bits per heavy atom. The van der Waals surface area contributed by atoms with Crippen molar-refractivity contribution >= 4 is 5.91 Å². The Morgan fingerprint density at radius 2 is 1.62 bits per heavy atom. The van der Waals surface area contributed by atoms with Gasteiger partial charge in [0.1, 0.15) is 5.69 Å². The average Bonchev–Trinajstić information content (AvgIpc) is 2.37. The van der Waals surface area contributed by atoms with Crippen molar-refractivity contribution in [2.75, 3.05) is 0 Å². The summed E-state index contributed by atoms with van der Waals surface area (Å²) in [5, 5.41) is 0. The minimum atomic E-state index is -0.542. The summed E-state index contributed by atoms with van der Waals surface area (Å²) in [6, 6.07) is 4.20. The van der Waals surface area contributed by atoms with Gasteiger partial charge in [-0.05, 0) is 62.9 Å². The molecule has 0 spiro atoms. The summed E-state index contributed by atoms with van der Waals surface area (Å²) in [7, 11) is 0. The van der Waals surface area contributed by atoms with Gasteiger partial charge >= 0.3 is 0 Å². The molecule has 21 heavy (non-hydrogen) atoms. The number of carbonyl (C=O) groups is 1. The highest BCUT2D eigenvalue weighted by Crippen LogP contribution is 2.26. The van der Waals surface area contributed by atoms with Crippen molar-refractivity contribution in [1.82, 2.24) is 9.97 Å². The molecular formula is C17H21N3O. The number of nitrogens with two attached hydrogens (primary N) is 1. The van der Waals surface area contributed by atoms with Crippen LogP contribution in [0.5, 0.6) is 0 Å². The molecule has 4 heteroatoms. The number of aryl methyl sites for hydroxylation is 4. The van der Waals surface area contributed by atoms with E-state index in [9.17, 15) is 4.79 Å². The molecule has 0 saturated heterocycles. The molecule has 2 rings (SSSR count). The summed E-state index contributed by atoms with van der Waals surface area (Å²) in [5.74, 6) is -0.542. The zero-order valence-electron chi connectivity index (χ0n) is 13.2. The summed E-state index contributed by atoms with van der Waals surface area (Å²) in [6.07, 6.45) is 1.00. The van der Waals surface area contributed by atoms with E-state index in [1.54, 1.807) is 6.92 Å². The number of nitrogens with zero attached hydrogens (tertiary/aromatic N) is 2. The number of primary amides is 1. The number of rotatable bonds is 3. The van der Waals surface area contributed by atoms with Gasteiger partial charge in [-0.1, -0.05) is 6.92 Å². The van der Waals surface area contributed by atoms with E-state index in [-0.39, 0.29) is 5.69 Å². The first-order valence-electron chi connectivity index (χ1n) is 7.10. The minimum Gasteiger partial charge on any atom is -0.364 e. The Morgan fingerprint density at radius 1 is 1.05 bits per heavy atom. The van der Waals surface area contributed by atoms with Gasteiger partial charge in [0.25, 0.3) is 5.91 Å². The Balaban J connectivity index is 2.67. The van der Waals surface area contributed by atoms with E-state index >= 15 is 0 Å². The van der Waals surface area contributed by atoms with Crippen LogP contribution in [0.3, 0.4) is 0 Å². The second kappa shape index (κ2) is 5.64. The van der Waals surface area contributed by atoms with Crippen molar-refractivity contribution in [3.8, 4) is 11.3 Å². The van der Waals surface area contributed by atoms with Crippen LogP contribution in [-0.2, 0) is 6.42 Å². The monoisotopic (exact) mass is 283 g/mol. The van der Waals surface area contributed by atoms with Crippen LogP contribution in [-0.4, -0.2) is 15.9 Å². The topological polar surface area (TPSA) is 68.9 Å². The molecule has 110 valence electrons. The molecule has 4 nitrogen and oxygen atoms in total. The average molecular weight is 283 g/mol. The van der Waals surface area contributed by atoms with Crippen LogP contribution in [0.4, 0.5) is 0 Å². The van der Waals surface area contributed by atoms with Crippen molar-refractivity contribution in [2.24, 2.45) is 5.73 Å². The summed E-state index contributed by atoms with van der Waals surface area (Å²) in [6.45, 7) is 10.00. The fourth-order valence-corrected chi connectivity index (χ4v) is 2.83. The molecular weight excluding hydrogens is 262 g/mol. The molecule has 2 N–H and O–H groups in total. The number of amides is 1. The van der Waals surface area contributed by atoms with Crippen molar-refractivity contribution < 1.29 is 4.79 Å². The largest absolute Gasteiger partial charge is 0.364 e. The predicted molar refractivity (Wildman–Crippen MR) is 84.3 cm³/mol. The fraction of sp³-hybridized carbons (Fsp3) is 0.353. The Hall–Kier alpha value is -2.23. The van der Waals surface area contributed by atoms with Crippen molar-refractivity contribution in [3.63, 3.8) is 0 Å². The van der Waals surface area contributed by atoms with E-state index in [4.69, 9.17) is 5.73 Å². The highest BCUT2D eigenvalue weighted by atomic mass is 16.1. The lowest BCUT2D eigenvalue weighted by atomic mass is 9.95. The Kier molecular flexibility index (Phi) is 4.07. The minimum absolute atomic E-state index is 0.241. The van der Waals surface area contributed by atoms with Gasteiger partial charge in [0, 0.05) is 5.56 Å². The van der Waals surface area contributed by atoms with Gasteiger partial charge in [0.15, 0.2) is 0 Å². The van der Waals surface area contributed by atoms with Crippen LogP contribution < -0.4 is 5.73 Å². The number of aromatic nitrogens is 2. The zero-order valence-corrected chi connectivity index (χ0v) is 13.2. The molecule has 1 amide bonds. The summed E-state index contributed by atoms with van der Waals surface area (Å²) < 4.78 is 0. The summed E-state index contributed by atoms with van der Waals surface area (Å²) in [5.41, 5.74) is 12.5. The van der Waals surface area contributed by atoms with Gasteiger partial charge < -0.3 is 5.73 Å². The van der Waals surface area contributed by atoms with Crippen LogP contribution in [0.25, 0.3) is 11.3 Å². The van der Waals surface area contributed by atoms with Gasteiger partial charge in [0.2, 0.25) is 0 Å². The molecule has 1 aromatic heterocycles. The van der Waals surface area contributed by atoms with Crippen LogP contribution >= 0.6 is 0 Å². The molecule has 0 fully saturated rings. The van der Waals surface area contributed by atoms with Gasteiger partial charge in [-0.15, -0.1) is 0 Å². The SMILES string of the molecule is CCc1c(C)cc(-c2nc(C(N)=O)c(C)nc2C)cc1C. The third-order valence-electron chi connectivity index (χ3n) is 3.80. The maximum Gasteiger partial charge on any atom is 0.269 e. The summed E-state index contributed by atoms with van der Waals surface area (Å²) >= 11 is 0. The molecule has 0 aliphatic heterocycles. The predicted octanol–water partition coefficient (Wildman–Crippen LogP) is 3.04. The molecule has 0 unspecified atom stereocenters. The number of hydrogen-bond donors (Lipinski definition) is 1. The standard InChI is InChI=1S/C17H21N3O/c1-6-14-9(2)7-13(8-10(14)3)15-11(4)19-12(5)16(20-15)17(18)21/h7-8H,6H2,1-5H3,(H2,18,21). The van der Waals surface area contributed by atoms with Crippen LogP contribution in [0.2, 0.25) is 0 Å². The van der Waals surface area contributed by atoms with Gasteiger partial charge in [-0.2, -0.15) is 0 Å². The normalized spacial score (nSPS) is 10.7. The highest BCUT2D eigenvalue weighted by molar-refractivity contribution is 5.92. The van der Waals surface area contributed by atoms with E-state index in [1.165, 1.54) is 16.7 Å². The lowest BCUT2D eigenvalue weighted by Gasteiger charge is -2.13. The molecule has 0 saturated carbocycles. The number of benzene rings is 1. The van der Waals surface area contributed by atoms with Crippen molar-refractivity contribution in [3.05, 3.63) is 45.9 Å². The van der Waals surface area contributed by atoms with E-state index in [1.807, 2.05) is 6.92 Å².